The van der Waals surface area contributed by atoms with Crippen molar-refractivity contribution in [1.29, 1.82) is 0 Å². The van der Waals surface area contributed by atoms with Gasteiger partial charge in [-0.15, -0.1) is 0 Å². The number of ether oxygens (including phenoxy) is 2. The molecule has 2 aromatic carbocycles. The standard InChI is InChI=1S/C25H26Cl2N4O4/c1-34-21-6-4-15(12-22(21)35-2)7-9-28-25(33)24-17-14-31(10-8-20(17)29-30-24)23(32)13-16-3-5-18(26)19(27)11-16/h3-6,11-12H,7-10,13-14H2,1-2H3,(H,28,33)(H,29,30). The van der Waals surface area contributed by atoms with Gasteiger partial charge in [-0.1, -0.05) is 35.3 Å². The Balaban J connectivity index is 1.36. The Labute approximate surface area is 213 Å². The minimum Gasteiger partial charge on any atom is -0.493 e. The van der Waals surface area contributed by atoms with Gasteiger partial charge in [-0.25, -0.2) is 0 Å². The van der Waals surface area contributed by atoms with Crippen molar-refractivity contribution in [2.24, 2.45) is 0 Å². The molecule has 0 fully saturated rings. The second-order valence-electron chi connectivity index (χ2n) is 8.22. The number of nitrogens with zero attached hydrogens (tertiary/aromatic N) is 2. The molecule has 4 rings (SSSR count). The molecule has 184 valence electrons. The van der Waals surface area contributed by atoms with Crippen LogP contribution < -0.4 is 14.8 Å². The van der Waals surface area contributed by atoms with Crippen LogP contribution in [0.1, 0.15) is 32.9 Å². The van der Waals surface area contributed by atoms with E-state index in [0.717, 1.165) is 22.4 Å². The summed E-state index contributed by atoms with van der Waals surface area (Å²) in [6.07, 6.45) is 1.43. The zero-order valence-corrected chi connectivity index (χ0v) is 21.0. The molecule has 0 aliphatic carbocycles. The van der Waals surface area contributed by atoms with Crippen molar-refractivity contribution in [3.63, 3.8) is 0 Å². The predicted octanol–water partition coefficient (Wildman–Crippen LogP) is 3.83. The minimum absolute atomic E-state index is 0.0462. The highest BCUT2D eigenvalue weighted by Gasteiger charge is 2.27. The maximum absolute atomic E-state index is 12.9. The summed E-state index contributed by atoms with van der Waals surface area (Å²) in [5.41, 5.74) is 3.75. The van der Waals surface area contributed by atoms with Crippen molar-refractivity contribution in [3.8, 4) is 11.5 Å². The molecule has 3 aromatic rings. The summed E-state index contributed by atoms with van der Waals surface area (Å²) in [6, 6.07) is 10.8. The average molecular weight is 517 g/mol. The zero-order chi connectivity index (χ0) is 24.9. The lowest BCUT2D eigenvalue weighted by atomic mass is 10.0. The lowest BCUT2D eigenvalue weighted by Gasteiger charge is -2.27. The highest BCUT2D eigenvalue weighted by molar-refractivity contribution is 6.42. The van der Waals surface area contributed by atoms with Gasteiger partial charge in [0.2, 0.25) is 5.91 Å². The van der Waals surface area contributed by atoms with E-state index in [2.05, 4.69) is 15.5 Å². The van der Waals surface area contributed by atoms with Gasteiger partial charge < -0.3 is 19.7 Å². The fourth-order valence-electron chi connectivity index (χ4n) is 4.07. The van der Waals surface area contributed by atoms with E-state index in [1.807, 2.05) is 18.2 Å². The molecule has 10 heteroatoms. The first-order valence-corrected chi connectivity index (χ1v) is 11.9. The molecule has 2 heterocycles. The summed E-state index contributed by atoms with van der Waals surface area (Å²) in [4.78, 5) is 27.5. The number of halogens is 2. The molecule has 0 radical (unpaired) electrons. The molecular weight excluding hydrogens is 491 g/mol. The summed E-state index contributed by atoms with van der Waals surface area (Å²) in [6.45, 7) is 1.30. The van der Waals surface area contributed by atoms with Crippen LogP contribution in [-0.2, 0) is 30.6 Å². The molecule has 35 heavy (non-hydrogen) atoms. The Bertz CT molecular complexity index is 1240. The first-order valence-electron chi connectivity index (χ1n) is 11.2. The Morgan fingerprint density at radius 3 is 2.57 bits per heavy atom. The summed E-state index contributed by atoms with van der Waals surface area (Å²) >= 11 is 12.0. The average Bonchev–Trinajstić information content (AvgIpc) is 3.29. The lowest BCUT2D eigenvalue weighted by molar-refractivity contribution is -0.131. The van der Waals surface area contributed by atoms with Crippen LogP contribution in [0.25, 0.3) is 0 Å². The third kappa shape index (κ3) is 5.71. The van der Waals surface area contributed by atoms with Gasteiger partial charge in [-0.3, -0.25) is 14.7 Å². The van der Waals surface area contributed by atoms with E-state index in [4.69, 9.17) is 32.7 Å². The topological polar surface area (TPSA) is 96.5 Å². The van der Waals surface area contributed by atoms with Crippen LogP contribution in [0.15, 0.2) is 36.4 Å². The van der Waals surface area contributed by atoms with E-state index >= 15 is 0 Å². The number of benzene rings is 2. The molecular formula is C25H26Cl2N4O4. The summed E-state index contributed by atoms with van der Waals surface area (Å²) in [7, 11) is 3.17. The van der Waals surface area contributed by atoms with Gasteiger partial charge in [0, 0.05) is 37.3 Å². The Morgan fingerprint density at radius 2 is 1.83 bits per heavy atom. The molecule has 0 saturated heterocycles. The molecule has 0 bridgehead atoms. The molecule has 0 saturated carbocycles. The van der Waals surface area contributed by atoms with Gasteiger partial charge in [0.25, 0.3) is 5.91 Å². The number of carbonyl (C=O) groups excluding carboxylic acids is 2. The number of nitrogens with one attached hydrogen (secondary N) is 2. The van der Waals surface area contributed by atoms with Crippen LogP contribution >= 0.6 is 23.2 Å². The number of H-pyrrole nitrogens is 1. The van der Waals surface area contributed by atoms with Crippen molar-refractivity contribution in [1.82, 2.24) is 20.4 Å². The molecule has 2 amide bonds. The quantitative estimate of drug-likeness (QED) is 0.474. The third-order valence-corrected chi connectivity index (χ3v) is 6.73. The third-order valence-electron chi connectivity index (χ3n) is 5.99. The van der Waals surface area contributed by atoms with Gasteiger partial charge >= 0.3 is 0 Å². The van der Waals surface area contributed by atoms with Crippen molar-refractivity contribution in [2.45, 2.75) is 25.8 Å². The van der Waals surface area contributed by atoms with Crippen LogP contribution in [0, 0.1) is 0 Å². The number of hydrogen-bond donors (Lipinski definition) is 2. The van der Waals surface area contributed by atoms with E-state index in [1.54, 1.807) is 37.3 Å². The normalized spacial score (nSPS) is 12.7. The number of rotatable bonds is 8. The van der Waals surface area contributed by atoms with Crippen LogP contribution in [0.5, 0.6) is 11.5 Å². The van der Waals surface area contributed by atoms with Crippen molar-refractivity contribution in [3.05, 3.63) is 74.5 Å². The molecule has 1 aliphatic heterocycles. The first-order chi connectivity index (χ1) is 16.9. The van der Waals surface area contributed by atoms with Gasteiger partial charge in [0.15, 0.2) is 17.2 Å². The van der Waals surface area contributed by atoms with Gasteiger partial charge in [0.05, 0.1) is 30.7 Å². The van der Waals surface area contributed by atoms with E-state index < -0.39 is 0 Å². The predicted molar refractivity (Wildman–Crippen MR) is 133 cm³/mol. The molecule has 0 unspecified atom stereocenters. The molecule has 2 N–H and O–H groups in total. The highest BCUT2D eigenvalue weighted by atomic mass is 35.5. The smallest absolute Gasteiger partial charge is 0.272 e. The van der Waals surface area contributed by atoms with E-state index in [9.17, 15) is 9.59 Å². The Kier molecular flexibility index (Phi) is 7.83. The van der Waals surface area contributed by atoms with Crippen molar-refractivity contribution >= 4 is 35.0 Å². The second kappa shape index (κ2) is 11.0. The number of methoxy groups -OCH3 is 2. The molecule has 1 aromatic heterocycles. The van der Waals surface area contributed by atoms with Gasteiger partial charge in [-0.2, -0.15) is 5.10 Å². The SMILES string of the molecule is COc1ccc(CCNC(=O)c2n[nH]c3c2CN(C(=O)Cc2ccc(Cl)c(Cl)c2)CC3)cc1OC. The maximum Gasteiger partial charge on any atom is 0.272 e. The number of fused-ring (bicyclic) bond motifs is 1. The minimum atomic E-state index is -0.276. The summed E-state index contributed by atoms with van der Waals surface area (Å²) in [5.74, 6) is 0.974. The van der Waals surface area contributed by atoms with E-state index in [-0.39, 0.29) is 18.2 Å². The monoisotopic (exact) mass is 516 g/mol. The largest absolute Gasteiger partial charge is 0.493 e. The molecule has 0 atom stereocenters. The summed E-state index contributed by atoms with van der Waals surface area (Å²) < 4.78 is 10.6. The maximum atomic E-state index is 12.9. The first kappa shape index (κ1) is 24.9. The number of amides is 2. The number of aromatic nitrogens is 2. The molecule has 0 spiro atoms. The summed E-state index contributed by atoms with van der Waals surface area (Å²) in [5, 5.41) is 11.0. The fourth-order valence-corrected chi connectivity index (χ4v) is 4.39. The molecule has 1 aliphatic rings. The second-order valence-corrected chi connectivity index (χ2v) is 9.03. The Hall–Kier alpha value is -3.23. The fraction of sp³-hybridized carbons (Fsp3) is 0.320. The molecule has 8 nitrogen and oxygen atoms in total. The number of aromatic amines is 1. The van der Waals surface area contributed by atoms with Gasteiger partial charge in [0.1, 0.15) is 0 Å². The van der Waals surface area contributed by atoms with Crippen LogP contribution in [0.4, 0.5) is 0 Å². The Morgan fingerprint density at radius 1 is 1.06 bits per heavy atom. The lowest BCUT2D eigenvalue weighted by Crippen LogP contribution is -2.37. The van der Waals surface area contributed by atoms with Crippen LogP contribution in [-0.4, -0.2) is 54.2 Å². The van der Waals surface area contributed by atoms with Gasteiger partial charge in [-0.05, 0) is 41.8 Å². The van der Waals surface area contributed by atoms with Crippen molar-refractivity contribution < 1.29 is 19.1 Å². The van der Waals surface area contributed by atoms with E-state index in [0.29, 0.717) is 59.7 Å². The number of carbonyl (C=O) groups is 2. The zero-order valence-electron chi connectivity index (χ0n) is 19.5. The van der Waals surface area contributed by atoms with Crippen LogP contribution in [0.2, 0.25) is 10.0 Å². The number of hydrogen-bond acceptors (Lipinski definition) is 5. The van der Waals surface area contributed by atoms with Crippen molar-refractivity contribution in [2.75, 3.05) is 27.3 Å². The highest BCUT2D eigenvalue weighted by Crippen LogP contribution is 2.28. The van der Waals surface area contributed by atoms with E-state index in [1.165, 1.54) is 0 Å². The van der Waals surface area contributed by atoms with Crippen LogP contribution in [0.3, 0.4) is 0 Å².